The molecule has 0 aliphatic heterocycles. The fraction of sp³-hybridized carbons (Fsp3) is 0.538. The summed E-state index contributed by atoms with van der Waals surface area (Å²) in [4.78, 5) is 1.04. The van der Waals surface area contributed by atoms with Crippen molar-refractivity contribution in [2.24, 2.45) is 0 Å². The van der Waals surface area contributed by atoms with Gasteiger partial charge in [-0.05, 0) is 29.4 Å². The molecule has 0 aliphatic rings. The molecule has 0 amide bonds. The van der Waals surface area contributed by atoms with E-state index in [0.29, 0.717) is 5.69 Å². The fourth-order valence-corrected chi connectivity index (χ4v) is 2.24. The fourth-order valence-electron chi connectivity index (χ4n) is 1.62. The second-order valence-electron chi connectivity index (χ2n) is 5.00. The Bertz CT molecular complexity index is 397. The van der Waals surface area contributed by atoms with Gasteiger partial charge in [-0.15, -0.1) is 11.8 Å². The lowest BCUT2D eigenvalue weighted by molar-refractivity contribution is 0.273. The summed E-state index contributed by atoms with van der Waals surface area (Å²) in [6, 6.07) is 4.09. The maximum Gasteiger partial charge on any atom is 0.158 e. The van der Waals surface area contributed by atoms with Crippen molar-refractivity contribution in [1.82, 2.24) is 0 Å². The largest absolute Gasteiger partial charge is 0.493 e. The van der Waals surface area contributed by atoms with E-state index in [2.05, 4.69) is 26.8 Å². The molecule has 0 aliphatic carbocycles. The molecule has 0 spiro atoms. The third-order valence-corrected chi connectivity index (χ3v) is 3.42. The first-order valence-electron chi connectivity index (χ1n) is 5.50. The summed E-state index contributed by atoms with van der Waals surface area (Å²) in [5, 5.41) is 10.8. The van der Waals surface area contributed by atoms with Crippen molar-refractivity contribution < 1.29 is 9.94 Å². The number of methoxy groups -OCH3 is 1. The average molecular weight is 255 g/mol. The smallest absolute Gasteiger partial charge is 0.158 e. The second-order valence-corrected chi connectivity index (χ2v) is 5.85. The minimum atomic E-state index is 0.0432. The average Bonchev–Trinajstić information content (AvgIpc) is 2.25. The molecule has 1 aromatic carbocycles. The molecule has 1 aromatic rings. The van der Waals surface area contributed by atoms with Gasteiger partial charge in [-0.1, -0.05) is 20.8 Å². The summed E-state index contributed by atoms with van der Waals surface area (Å²) < 4.78 is 5.37. The maximum absolute atomic E-state index is 9.69. The van der Waals surface area contributed by atoms with Gasteiger partial charge in [-0.3, -0.25) is 10.3 Å². The van der Waals surface area contributed by atoms with Gasteiger partial charge in [-0.25, -0.2) is 0 Å². The number of hydrogen-bond donors (Lipinski definition) is 1. The van der Waals surface area contributed by atoms with Crippen molar-refractivity contribution in [2.75, 3.05) is 25.5 Å². The third-order valence-electron chi connectivity index (χ3n) is 2.67. The van der Waals surface area contributed by atoms with Crippen LogP contribution in [0.5, 0.6) is 5.75 Å². The van der Waals surface area contributed by atoms with Gasteiger partial charge in [0.25, 0.3) is 0 Å². The number of ether oxygens (including phenoxy) is 1. The van der Waals surface area contributed by atoms with Crippen LogP contribution < -0.4 is 9.80 Å². The predicted octanol–water partition coefficient (Wildman–Crippen LogP) is 3.54. The van der Waals surface area contributed by atoms with Crippen LogP contribution in [0.3, 0.4) is 0 Å². The lowest BCUT2D eigenvalue weighted by atomic mass is 9.86. The van der Waals surface area contributed by atoms with Crippen molar-refractivity contribution in [1.29, 1.82) is 0 Å². The van der Waals surface area contributed by atoms with Gasteiger partial charge in [-0.2, -0.15) is 0 Å². The molecule has 3 nitrogen and oxygen atoms in total. The van der Waals surface area contributed by atoms with Crippen LogP contribution in [0.25, 0.3) is 0 Å². The first kappa shape index (κ1) is 14.2. The molecular weight excluding hydrogens is 234 g/mol. The number of rotatable bonds is 3. The van der Waals surface area contributed by atoms with Gasteiger partial charge in [0, 0.05) is 7.05 Å². The molecule has 0 radical (unpaired) electrons. The lowest BCUT2D eigenvalue weighted by Crippen LogP contribution is -2.16. The van der Waals surface area contributed by atoms with Gasteiger partial charge < -0.3 is 4.74 Å². The minimum Gasteiger partial charge on any atom is -0.493 e. The highest BCUT2D eigenvalue weighted by Crippen LogP contribution is 2.40. The van der Waals surface area contributed by atoms with Gasteiger partial charge in [0.1, 0.15) is 5.69 Å². The van der Waals surface area contributed by atoms with Crippen LogP contribution in [-0.2, 0) is 5.41 Å². The number of benzene rings is 1. The van der Waals surface area contributed by atoms with E-state index in [4.69, 9.17) is 4.74 Å². The Kier molecular flexibility index (Phi) is 4.33. The quantitative estimate of drug-likeness (QED) is 0.661. The van der Waals surface area contributed by atoms with E-state index >= 15 is 0 Å². The summed E-state index contributed by atoms with van der Waals surface area (Å²) in [6.45, 7) is 6.46. The van der Waals surface area contributed by atoms with E-state index in [1.165, 1.54) is 5.56 Å². The summed E-state index contributed by atoms with van der Waals surface area (Å²) in [6.07, 6.45) is 2.01. The minimum absolute atomic E-state index is 0.0432. The van der Waals surface area contributed by atoms with E-state index in [9.17, 15) is 5.21 Å². The van der Waals surface area contributed by atoms with Gasteiger partial charge in [0.2, 0.25) is 0 Å². The highest BCUT2D eigenvalue weighted by atomic mass is 32.2. The second kappa shape index (κ2) is 5.19. The monoisotopic (exact) mass is 255 g/mol. The molecule has 1 N–H and O–H groups in total. The first-order chi connectivity index (χ1) is 7.81. The Balaban J connectivity index is 3.46. The molecular formula is C13H21NO2S. The molecule has 0 saturated carbocycles. The van der Waals surface area contributed by atoms with Gasteiger partial charge in [0.05, 0.1) is 12.0 Å². The normalized spacial score (nSPS) is 11.5. The third kappa shape index (κ3) is 3.07. The Morgan fingerprint density at radius 2 is 1.88 bits per heavy atom. The van der Waals surface area contributed by atoms with Crippen LogP contribution in [0.4, 0.5) is 5.69 Å². The maximum atomic E-state index is 9.69. The van der Waals surface area contributed by atoms with Gasteiger partial charge in [0.15, 0.2) is 5.75 Å². The topological polar surface area (TPSA) is 32.7 Å². The summed E-state index contributed by atoms with van der Waals surface area (Å²) in [7, 11) is 3.23. The molecule has 0 atom stereocenters. The van der Waals surface area contributed by atoms with Crippen LogP contribution in [0.15, 0.2) is 17.0 Å². The highest BCUT2D eigenvalue weighted by molar-refractivity contribution is 7.98. The van der Waals surface area contributed by atoms with Crippen LogP contribution in [-0.4, -0.2) is 25.6 Å². The standard InChI is InChI=1S/C13H21NO2S/c1-13(2,3)9-7-10(14(4)15)12(16-5)11(8-9)17-6/h7-8,15H,1-6H3. The molecule has 0 unspecified atom stereocenters. The number of hydroxylamine groups is 1. The molecule has 0 saturated heterocycles. The predicted molar refractivity (Wildman–Crippen MR) is 73.7 cm³/mol. The number of anilines is 1. The van der Waals surface area contributed by atoms with E-state index in [-0.39, 0.29) is 5.41 Å². The SMILES string of the molecule is COc1c(SC)cc(C(C)(C)C)cc1N(C)O. The Morgan fingerprint density at radius 3 is 2.24 bits per heavy atom. The first-order valence-corrected chi connectivity index (χ1v) is 6.73. The van der Waals surface area contributed by atoms with E-state index in [0.717, 1.165) is 15.7 Å². The number of thioether (sulfide) groups is 1. The number of hydrogen-bond acceptors (Lipinski definition) is 4. The zero-order valence-corrected chi connectivity index (χ0v) is 12.2. The molecule has 96 valence electrons. The van der Waals surface area contributed by atoms with E-state index in [1.54, 1.807) is 25.9 Å². The zero-order valence-electron chi connectivity index (χ0n) is 11.4. The Hall–Kier alpha value is -0.870. The van der Waals surface area contributed by atoms with Crippen molar-refractivity contribution in [3.8, 4) is 5.75 Å². The van der Waals surface area contributed by atoms with Crippen LogP contribution in [0.1, 0.15) is 26.3 Å². The van der Waals surface area contributed by atoms with Crippen molar-refractivity contribution in [3.05, 3.63) is 17.7 Å². The summed E-state index contributed by atoms with van der Waals surface area (Å²) in [5.41, 5.74) is 1.92. The Morgan fingerprint density at radius 1 is 1.29 bits per heavy atom. The molecule has 0 heterocycles. The Labute approximate surface area is 108 Å². The molecule has 4 heteroatoms. The molecule has 17 heavy (non-hydrogen) atoms. The van der Waals surface area contributed by atoms with Crippen molar-refractivity contribution in [2.45, 2.75) is 31.1 Å². The summed E-state index contributed by atoms with van der Waals surface area (Å²) in [5.74, 6) is 0.718. The van der Waals surface area contributed by atoms with Gasteiger partial charge >= 0.3 is 0 Å². The van der Waals surface area contributed by atoms with Crippen molar-refractivity contribution >= 4 is 17.4 Å². The molecule has 0 bridgehead atoms. The number of nitrogens with zero attached hydrogens (tertiary/aromatic N) is 1. The molecule has 0 fully saturated rings. The van der Waals surface area contributed by atoms with Crippen LogP contribution in [0, 0.1) is 0 Å². The van der Waals surface area contributed by atoms with Crippen LogP contribution >= 0.6 is 11.8 Å². The zero-order chi connectivity index (χ0) is 13.2. The lowest BCUT2D eigenvalue weighted by Gasteiger charge is -2.24. The molecule has 0 aromatic heterocycles. The van der Waals surface area contributed by atoms with Crippen LogP contribution in [0.2, 0.25) is 0 Å². The van der Waals surface area contributed by atoms with Crippen molar-refractivity contribution in [3.63, 3.8) is 0 Å². The highest BCUT2D eigenvalue weighted by Gasteiger charge is 2.20. The van der Waals surface area contributed by atoms with E-state index < -0.39 is 0 Å². The summed E-state index contributed by atoms with van der Waals surface area (Å²) >= 11 is 1.62. The molecule has 1 rings (SSSR count). The van der Waals surface area contributed by atoms with E-state index in [1.807, 2.05) is 12.3 Å².